The molecule has 1 N–H and O–H groups in total. The molecule has 1 aliphatic heterocycles. The average molecular weight is 360 g/mol. The summed E-state index contributed by atoms with van der Waals surface area (Å²) < 4.78 is 26.7. The summed E-state index contributed by atoms with van der Waals surface area (Å²) in [6, 6.07) is 6.32. The van der Waals surface area contributed by atoms with E-state index in [4.69, 9.17) is 0 Å². The third-order valence-electron chi connectivity index (χ3n) is 4.20. The van der Waals surface area contributed by atoms with Gasteiger partial charge in [0.15, 0.2) is 0 Å². The average Bonchev–Trinajstić information content (AvgIpc) is 2.64. The lowest BCUT2D eigenvalue weighted by Crippen LogP contribution is -2.50. The quantitative estimate of drug-likeness (QED) is 0.913. The van der Waals surface area contributed by atoms with E-state index in [0.29, 0.717) is 31.9 Å². The molecular weight excluding hydrogens is 342 g/mol. The first-order chi connectivity index (χ1) is 12.4. The molecule has 0 aliphatic carbocycles. The van der Waals surface area contributed by atoms with Crippen molar-refractivity contribution in [2.45, 2.75) is 6.92 Å². The molecule has 0 bridgehead atoms. The van der Waals surface area contributed by atoms with Gasteiger partial charge in [-0.15, -0.1) is 0 Å². The van der Waals surface area contributed by atoms with Crippen molar-refractivity contribution in [2.24, 2.45) is 0 Å². The van der Waals surface area contributed by atoms with E-state index in [2.05, 4.69) is 10.3 Å². The maximum Gasteiger partial charge on any atom is 0.272 e. The number of aromatic nitrogens is 1. The molecule has 1 fully saturated rings. The second-order valence-electron chi connectivity index (χ2n) is 5.98. The SMILES string of the molecule is CC(=O)N1CCN(C(=O)c2cc(Nc3ccc(F)cc3F)ccn2)CC1. The van der Waals surface area contributed by atoms with Gasteiger partial charge in [0, 0.05) is 51.1 Å². The molecular formula is C18H18F2N4O2. The van der Waals surface area contributed by atoms with E-state index >= 15 is 0 Å². The van der Waals surface area contributed by atoms with Crippen LogP contribution in [0.4, 0.5) is 20.2 Å². The van der Waals surface area contributed by atoms with E-state index in [1.165, 1.54) is 25.3 Å². The van der Waals surface area contributed by atoms with Crippen LogP contribution in [-0.4, -0.2) is 52.8 Å². The first-order valence-corrected chi connectivity index (χ1v) is 8.17. The summed E-state index contributed by atoms with van der Waals surface area (Å²) in [5, 5.41) is 2.81. The van der Waals surface area contributed by atoms with Crippen molar-refractivity contribution in [1.82, 2.24) is 14.8 Å². The third kappa shape index (κ3) is 3.96. The normalized spacial score (nSPS) is 14.3. The molecule has 0 spiro atoms. The number of nitrogens with one attached hydrogen (secondary N) is 1. The fourth-order valence-corrected chi connectivity index (χ4v) is 2.76. The summed E-state index contributed by atoms with van der Waals surface area (Å²) in [4.78, 5) is 31.4. The summed E-state index contributed by atoms with van der Waals surface area (Å²) in [6.07, 6.45) is 1.45. The molecule has 0 saturated carbocycles. The van der Waals surface area contributed by atoms with Crippen LogP contribution in [0.15, 0.2) is 36.5 Å². The van der Waals surface area contributed by atoms with Gasteiger partial charge >= 0.3 is 0 Å². The van der Waals surface area contributed by atoms with Crippen molar-refractivity contribution in [3.8, 4) is 0 Å². The van der Waals surface area contributed by atoms with Gasteiger partial charge in [-0.05, 0) is 24.3 Å². The second kappa shape index (κ2) is 7.47. The van der Waals surface area contributed by atoms with Gasteiger partial charge in [-0.1, -0.05) is 0 Å². The van der Waals surface area contributed by atoms with Gasteiger partial charge in [0.05, 0.1) is 5.69 Å². The maximum atomic E-state index is 13.8. The third-order valence-corrected chi connectivity index (χ3v) is 4.20. The zero-order chi connectivity index (χ0) is 18.7. The molecule has 136 valence electrons. The minimum Gasteiger partial charge on any atom is -0.353 e. The zero-order valence-electron chi connectivity index (χ0n) is 14.2. The predicted octanol–water partition coefficient (Wildman–Crippen LogP) is 2.41. The van der Waals surface area contributed by atoms with Gasteiger partial charge in [0.1, 0.15) is 17.3 Å². The number of piperazine rings is 1. The molecule has 2 aromatic rings. The number of rotatable bonds is 3. The molecule has 2 amide bonds. The van der Waals surface area contributed by atoms with E-state index < -0.39 is 11.6 Å². The van der Waals surface area contributed by atoms with E-state index in [1.54, 1.807) is 15.9 Å². The second-order valence-corrected chi connectivity index (χ2v) is 5.98. The molecule has 0 atom stereocenters. The highest BCUT2D eigenvalue weighted by molar-refractivity contribution is 5.93. The monoisotopic (exact) mass is 360 g/mol. The molecule has 1 aromatic carbocycles. The highest BCUT2D eigenvalue weighted by Crippen LogP contribution is 2.21. The van der Waals surface area contributed by atoms with Gasteiger partial charge in [0.25, 0.3) is 5.91 Å². The summed E-state index contributed by atoms with van der Waals surface area (Å²) in [7, 11) is 0. The number of anilines is 2. The Balaban J connectivity index is 1.71. The van der Waals surface area contributed by atoms with Gasteiger partial charge < -0.3 is 15.1 Å². The molecule has 3 rings (SSSR count). The molecule has 26 heavy (non-hydrogen) atoms. The van der Waals surface area contributed by atoms with Gasteiger partial charge in [0.2, 0.25) is 5.91 Å². The maximum absolute atomic E-state index is 13.8. The predicted molar refractivity (Wildman–Crippen MR) is 92.0 cm³/mol. The number of amides is 2. The highest BCUT2D eigenvalue weighted by atomic mass is 19.1. The Kier molecular flexibility index (Phi) is 5.11. The molecule has 6 nitrogen and oxygen atoms in total. The highest BCUT2D eigenvalue weighted by Gasteiger charge is 2.24. The fraction of sp³-hybridized carbons (Fsp3) is 0.278. The summed E-state index contributed by atoms with van der Waals surface area (Å²) in [5.41, 5.74) is 0.788. The van der Waals surface area contributed by atoms with Crippen LogP contribution in [0, 0.1) is 11.6 Å². The minimum atomic E-state index is -0.727. The topological polar surface area (TPSA) is 65.5 Å². The van der Waals surface area contributed by atoms with E-state index in [1.807, 2.05) is 0 Å². The van der Waals surface area contributed by atoms with Crippen molar-refractivity contribution in [3.63, 3.8) is 0 Å². The standard InChI is InChI=1S/C18H18F2N4O2/c1-12(25)23-6-8-24(9-7-23)18(26)17-11-14(4-5-21-17)22-16-3-2-13(19)10-15(16)20/h2-5,10-11H,6-9H2,1H3,(H,21,22). The smallest absolute Gasteiger partial charge is 0.272 e. The Labute approximate surface area is 149 Å². The number of benzene rings is 1. The number of hydrogen-bond acceptors (Lipinski definition) is 4. The van der Waals surface area contributed by atoms with Crippen molar-refractivity contribution < 1.29 is 18.4 Å². The lowest BCUT2D eigenvalue weighted by atomic mass is 10.2. The number of carbonyl (C=O) groups is 2. The largest absolute Gasteiger partial charge is 0.353 e. The fourth-order valence-electron chi connectivity index (χ4n) is 2.76. The van der Waals surface area contributed by atoms with Crippen LogP contribution < -0.4 is 5.32 Å². The Hall–Kier alpha value is -3.03. The molecule has 2 heterocycles. The first-order valence-electron chi connectivity index (χ1n) is 8.17. The zero-order valence-corrected chi connectivity index (χ0v) is 14.2. The summed E-state index contributed by atoms with van der Waals surface area (Å²) >= 11 is 0. The van der Waals surface area contributed by atoms with Crippen LogP contribution in [-0.2, 0) is 4.79 Å². The van der Waals surface area contributed by atoms with Crippen LogP contribution in [0.5, 0.6) is 0 Å². The number of pyridine rings is 1. The molecule has 0 radical (unpaired) electrons. The molecule has 0 unspecified atom stereocenters. The van der Waals surface area contributed by atoms with Crippen molar-refractivity contribution in [1.29, 1.82) is 0 Å². The van der Waals surface area contributed by atoms with Crippen molar-refractivity contribution in [2.75, 3.05) is 31.5 Å². The van der Waals surface area contributed by atoms with Crippen LogP contribution in [0.3, 0.4) is 0 Å². The first kappa shape index (κ1) is 17.8. The van der Waals surface area contributed by atoms with Crippen LogP contribution in [0.1, 0.15) is 17.4 Å². The van der Waals surface area contributed by atoms with Gasteiger partial charge in [-0.3, -0.25) is 14.6 Å². The summed E-state index contributed by atoms with van der Waals surface area (Å²) in [6.45, 7) is 3.34. The number of carbonyl (C=O) groups excluding carboxylic acids is 2. The summed E-state index contributed by atoms with van der Waals surface area (Å²) in [5.74, 6) is -1.66. The van der Waals surface area contributed by atoms with Crippen LogP contribution in [0.2, 0.25) is 0 Å². The van der Waals surface area contributed by atoms with Crippen molar-refractivity contribution in [3.05, 3.63) is 53.9 Å². The van der Waals surface area contributed by atoms with E-state index in [9.17, 15) is 18.4 Å². The number of nitrogens with zero attached hydrogens (tertiary/aromatic N) is 3. The molecule has 1 aliphatic rings. The van der Waals surface area contributed by atoms with E-state index in [-0.39, 0.29) is 23.2 Å². The Bertz CT molecular complexity index is 836. The van der Waals surface area contributed by atoms with Crippen LogP contribution >= 0.6 is 0 Å². The van der Waals surface area contributed by atoms with E-state index in [0.717, 1.165) is 12.1 Å². The molecule has 1 aromatic heterocycles. The Morgan fingerprint density at radius 1 is 1.04 bits per heavy atom. The van der Waals surface area contributed by atoms with Crippen molar-refractivity contribution >= 4 is 23.2 Å². The Morgan fingerprint density at radius 3 is 2.38 bits per heavy atom. The molecule has 1 saturated heterocycles. The van der Waals surface area contributed by atoms with Gasteiger partial charge in [-0.2, -0.15) is 0 Å². The minimum absolute atomic E-state index is 0.0113. The number of hydrogen-bond donors (Lipinski definition) is 1. The van der Waals surface area contributed by atoms with Crippen LogP contribution in [0.25, 0.3) is 0 Å². The molecule has 8 heteroatoms. The number of halogens is 2. The lowest BCUT2D eigenvalue weighted by molar-refractivity contribution is -0.130. The van der Waals surface area contributed by atoms with Gasteiger partial charge in [-0.25, -0.2) is 8.78 Å². The Morgan fingerprint density at radius 2 is 1.73 bits per heavy atom. The lowest BCUT2D eigenvalue weighted by Gasteiger charge is -2.34.